The molecule has 0 saturated carbocycles. The molecular formula is C12H16O5. The van der Waals surface area contributed by atoms with Gasteiger partial charge in [0.05, 0.1) is 19.8 Å². The Balaban J connectivity index is 3.51. The maximum Gasteiger partial charge on any atom is 0.336 e. The number of carbonyl (C=O) groups is 1. The molecule has 1 aromatic rings. The van der Waals surface area contributed by atoms with Crippen molar-refractivity contribution in [2.24, 2.45) is 0 Å². The Labute approximate surface area is 99.6 Å². The summed E-state index contributed by atoms with van der Waals surface area (Å²) in [6, 6.07) is 1.31. The summed E-state index contributed by atoms with van der Waals surface area (Å²) in [7, 11) is 2.75. The standard InChI is InChI=1S/C12H16O5/c1-4-5-7-8(12(14)15)6-9(16-2)10(13)11(7)17-3/h6,13H,4-5H2,1-3H3,(H,14,15). The van der Waals surface area contributed by atoms with Gasteiger partial charge in [0, 0.05) is 5.56 Å². The number of carboxylic acid groups (broad SMARTS) is 1. The molecular weight excluding hydrogens is 224 g/mol. The Morgan fingerprint density at radius 1 is 1.35 bits per heavy atom. The van der Waals surface area contributed by atoms with Crippen LogP contribution in [0, 0.1) is 0 Å². The molecule has 0 bridgehead atoms. The van der Waals surface area contributed by atoms with Crippen LogP contribution in [0.5, 0.6) is 17.2 Å². The monoisotopic (exact) mass is 240 g/mol. The molecule has 0 aromatic heterocycles. The van der Waals surface area contributed by atoms with Crippen molar-refractivity contribution in [2.75, 3.05) is 14.2 Å². The van der Waals surface area contributed by atoms with Gasteiger partial charge in [-0.05, 0) is 12.5 Å². The average molecular weight is 240 g/mol. The molecule has 0 spiro atoms. The molecule has 0 radical (unpaired) electrons. The highest BCUT2D eigenvalue weighted by Crippen LogP contribution is 2.41. The molecule has 94 valence electrons. The van der Waals surface area contributed by atoms with Crippen LogP contribution in [0.3, 0.4) is 0 Å². The van der Waals surface area contributed by atoms with Crippen molar-refractivity contribution in [2.45, 2.75) is 19.8 Å². The van der Waals surface area contributed by atoms with Gasteiger partial charge >= 0.3 is 5.97 Å². The number of rotatable bonds is 5. The second-order valence-electron chi connectivity index (χ2n) is 3.54. The summed E-state index contributed by atoms with van der Waals surface area (Å²) in [4.78, 5) is 11.2. The normalized spacial score (nSPS) is 10.1. The summed E-state index contributed by atoms with van der Waals surface area (Å²) >= 11 is 0. The van der Waals surface area contributed by atoms with E-state index in [2.05, 4.69) is 0 Å². The lowest BCUT2D eigenvalue weighted by Crippen LogP contribution is -2.06. The molecule has 0 unspecified atom stereocenters. The molecule has 0 aliphatic carbocycles. The van der Waals surface area contributed by atoms with E-state index in [4.69, 9.17) is 14.6 Å². The van der Waals surface area contributed by atoms with Gasteiger partial charge in [0.25, 0.3) is 0 Å². The van der Waals surface area contributed by atoms with Gasteiger partial charge < -0.3 is 19.7 Å². The smallest absolute Gasteiger partial charge is 0.336 e. The number of hydrogen-bond acceptors (Lipinski definition) is 4. The van der Waals surface area contributed by atoms with Crippen LogP contribution in [0.25, 0.3) is 0 Å². The quantitative estimate of drug-likeness (QED) is 0.823. The van der Waals surface area contributed by atoms with Crippen LogP contribution in [-0.2, 0) is 6.42 Å². The number of carboxylic acids is 1. The third-order valence-electron chi connectivity index (χ3n) is 2.48. The topological polar surface area (TPSA) is 76.0 Å². The van der Waals surface area contributed by atoms with Crippen LogP contribution in [0.1, 0.15) is 29.3 Å². The second-order valence-corrected chi connectivity index (χ2v) is 3.54. The maximum atomic E-state index is 11.2. The summed E-state index contributed by atoms with van der Waals surface area (Å²) in [5.41, 5.74) is 0.583. The van der Waals surface area contributed by atoms with Crippen molar-refractivity contribution in [3.05, 3.63) is 17.2 Å². The Bertz CT molecular complexity index is 425. The van der Waals surface area contributed by atoms with Gasteiger partial charge in [-0.2, -0.15) is 0 Å². The van der Waals surface area contributed by atoms with Gasteiger partial charge in [0.15, 0.2) is 11.5 Å². The highest BCUT2D eigenvalue weighted by atomic mass is 16.5. The zero-order chi connectivity index (χ0) is 13.0. The van der Waals surface area contributed by atoms with Crippen molar-refractivity contribution in [3.63, 3.8) is 0 Å². The summed E-state index contributed by atoms with van der Waals surface area (Å²) in [6.07, 6.45) is 1.27. The molecule has 2 N–H and O–H groups in total. The number of hydrogen-bond donors (Lipinski definition) is 2. The minimum absolute atomic E-state index is 0.0957. The Kier molecular flexibility index (Phi) is 4.20. The van der Waals surface area contributed by atoms with Crippen molar-refractivity contribution >= 4 is 5.97 Å². The largest absolute Gasteiger partial charge is 0.502 e. The van der Waals surface area contributed by atoms with Crippen LogP contribution >= 0.6 is 0 Å². The van der Waals surface area contributed by atoms with E-state index < -0.39 is 5.97 Å². The second kappa shape index (κ2) is 5.43. The van der Waals surface area contributed by atoms with Gasteiger partial charge in [-0.25, -0.2) is 4.79 Å². The lowest BCUT2D eigenvalue weighted by atomic mass is 10.0. The van der Waals surface area contributed by atoms with Crippen molar-refractivity contribution < 1.29 is 24.5 Å². The molecule has 0 amide bonds. The van der Waals surface area contributed by atoms with E-state index in [-0.39, 0.29) is 22.8 Å². The Morgan fingerprint density at radius 3 is 2.41 bits per heavy atom. The molecule has 5 heteroatoms. The van der Waals surface area contributed by atoms with Gasteiger partial charge in [-0.1, -0.05) is 13.3 Å². The predicted molar refractivity (Wildman–Crippen MR) is 62.2 cm³/mol. The maximum absolute atomic E-state index is 11.2. The first kappa shape index (κ1) is 13.2. The lowest BCUT2D eigenvalue weighted by Gasteiger charge is -2.15. The van der Waals surface area contributed by atoms with E-state index in [0.717, 1.165) is 6.42 Å². The van der Waals surface area contributed by atoms with E-state index in [1.165, 1.54) is 20.3 Å². The first-order chi connectivity index (χ1) is 8.06. The summed E-state index contributed by atoms with van der Waals surface area (Å²) < 4.78 is 9.99. The number of aromatic carboxylic acids is 1. The number of benzene rings is 1. The molecule has 5 nitrogen and oxygen atoms in total. The molecule has 0 saturated heterocycles. The predicted octanol–water partition coefficient (Wildman–Crippen LogP) is 2.06. The van der Waals surface area contributed by atoms with Crippen molar-refractivity contribution in [3.8, 4) is 17.2 Å². The fourth-order valence-corrected chi connectivity index (χ4v) is 1.73. The highest BCUT2D eigenvalue weighted by molar-refractivity contribution is 5.92. The summed E-state index contributed by atoms with van der Waals surface area (Å²) in [5, 5.41) is 19.0. The molecule has 1 aromatic carbocycles. The average Bonchev–Trinajstić information content (AvgIpc) is 2.29. The first-order valence-corrected chi connectivity index (χ1v) is 5.26. The van der Waals surface area contributed by atoms with E-state index in [1.807, 2.05) is 6.92 Å². The van der Waals surface area contributed by atoms with E-state index >= 15 is 0 Å². The third kappa shape index (κ3) is 2.43. The zero-order valence-corrected chi connectivity index (χ0v) is 10.1. The number of phenolic OH excluding ortho intramolecular Hbond substituents is 1. The molecule has 0 aliphatic heterocycles. The van der Waals surface area contributed by atoms with Gasteiger partial charge in [0.2, 0.25) is 5.75 Å². The SMILES string of the molecule is CCCc1c(C(=O)O)cc(OC)c(O)c1OC. The lowest BCUT2D eigenvalue weighted by molar-refractivity contribution is 0.0694. The Morgan fingerprint density at radius 2 is 2.00 bits per heavy atom. The van der Waals surface area contributed by atoms with Crippen molar-refractivity contribution in [1.29, 1.82) is 0 Å². The van der Waals surface area contributed by atoms with Crippen LogP contribution in [0.2, 0.25) is 0 Å². The van der Waals surface area contributed by atoms with Crippen LogP contribution < -0.4 is 9.47 Å². The minimum atomic E-state index is -1.06. The number of ether oxygens (including phenoxy) is 2. The van der Waals surface area contributed by atoms with Crippen LogP contribution in [0.15, 0.2) is 6.07 Å². The molecule has 1 rings (SSSR count). The summed E-state index contributed by atoms with van der Waals surface area (Å²) in [5.74, 6) is -0.962. The van der Waals surface area contributed by atoms with E-state index in [9.17, 15) is 9.90 Å². The molecule has 0 fully saturated rings. The summed E-state index contributed by atoms with van der Waals surface area (Å²) in [6.45, 7) is 1.92. The van der Waals surface area contributed by atoms with Crippen LogP contribution in [-0.4, -0.2) is 30.4 Å². The minimum Gasteiger partial charge on any atom is -0.502 e. The molecule has 0 aliphatic rings. The fraction of sp³-hybridized carbons (Fsp3) is 0.417. The molecule has 17 heavy (non-hydrogen) atoms. The fourth-order valence-electron chi connectivity index (χ4n) is 1.73. The van der Waals surface area contributed by atoms with E-state index in [1.54, 1.807) is 0 Å². The third-order valence-corrected chi connectivity index (χ3v) is 2.48. The zero-order valence-electron chi connectivity index (χ0n) is 10.1. The van der Waals surface area contributed by atoms with Gasteiger partial charge in [-0.15, -0.1) is 0 Å². The highest BCUT2D eigenvalue weighted by Gasteiger charge is 2.22. The number of phenols is 1. The first-order valence-electron chi connectivity index (χ1n) is 5.26. The Hall–Kier alpha value is -1.91. The van der Waals surface area contributed by atoms with Gasteiger partial charge in [0.1, 0.15) is 0 Å². The molecule has 0 atom stereocenters. The van der Waals surface area contributed by atoms with Gasteiger partial charge in [-0.3, -0.25) is 0 Å². The number of methoxy groups -OCH3 is 2. The number of aromatic hydroxyl groups is 1. The molecule has 0 heterocycles. The van der Waals surface area contributed by atoms with E-state index in [0.29, 0.717) is 12.0 Å². The van der Waals surface area contributed by atoms with Crippen LogP contribution in [0.4, 0.5) is 0 Å². The van der Waals surface area contributed by atoms with Crippen molar-refractivity contribution in [1.82, 2.24) is 0 Å².